The van der Waals surface area contributed by atoms with Gasteiger partial charge in [0.1, 0.15) is 0 Å². The van der Waals surface area contributed by atoms with E-state index in [4.69, 9.17) is 4.74 Å². The molecule has 13 heavy (non-hydrogen) atoms. The largest absolute Gasteiger partial charge is 0.466 e. The molecule has 1 saturated heterocycles. The van der Waals surface area contributed by atoms with E-state index in [1.807, 2.05) is 6.92 Å². The fourth-order valence-electron chi connectivity index (χ4n) is 1.62. The van der Waals surface area contributed by atoms with Gasteiger partial charge in [-0.15, -0.1) is 0 Å². The fraction of sp³-hybridized carbons (Fsp3) is 0.700. The normalized spacial score (nSPS) is 25.3. The second-order valence-corrected chi connectivity index (χ2v) is 3.49. The maximum absolute atomic E-state index is 11.3. The van der Waals surface area contributed by atoms with Crippen molar-refractivity contribution >= 4 is 5.97 Å². The molecule has 3 heteroatoms. The molecule has 0 aliphatic carbocycles. The molecule has 0 spiro atoms. The van der Waals surface area contributed by atoms with Crippen LogP contribution in [0.25, 0.3) is 0 Å². The fourth-order valence-corrected chi connectivity index (χ4v) is 1.62. The topological polar surface area (TPSA) is 38.3 Å². The summed E-state index contributed by atoms with van der Waals surface area (Å²) in [6, 6.07) is 0. The molecule has 0 aromatic rings. The summed E-state index contributed by atoms with van der Waals surface area (Å²) in [6.45, 7) is 5.12. The lowest BCUT2D eigenvalue weighted by Crippen LogP contribution is -2.13. The third kappa shape index (κ3) is 2.23. The van der Waals surface area contributed by atoms with Gasteiger partial charge in [0.2, 0.25) is 0 Å². The van der Waals surface area contributed by atoms with Gasteiger partial charge >= 0.3 is 5.97 Å². The number of esters is 1. The summed E-state index contributed by atoms with van der Waals surface area (Å²) in [5, 5.41) is 3.25. The summed E-state index contributed by atoms with van der Waals surface area (Å²) in [4.78, 5) is 11.3. The van der Waals surface area contributed by atoms with Crippen molar-refractivity contribution in [2.75, 3.05) is 13.7 Å². The van der Waals surface area contributed by atoms with E-state index in [1.54, 1.807) is 0 Å². The molecule has 0 amide bonds. The number of nitrogens with one attached hydrogen (secondary N) is 1. The average molecular weight is 183 g/mol. The Hall–Kier alpha value is -0.990. The van der Waals surface area contributed by atoms with Crippen molar-refractivity contribution in [1.82, 2.24) is 5.32 Å². The second kappa shape index (κ2) is 4.30. The Kier molecular flexibility index (Phi) is 3.34. The third-order valence-corrected chi connectivity index (χ3v) is 2.37. The zero-order chi connectivity index (χ0) is 9.84. The lowest BCUT2D eigenvalue weighted by atomic mass is 10.1. The van der Waals surface area contributed by atoms with Crippen LogP contribution in [0.4, 0.5) is 0 Å². The number of carbonyl (C=O) groups is 1. The highest BCUT2D eigenvalue weighted by atomic mass is 16.5. The predicted octanol–water partition coefficient (Wildman–Crippen LogP) is 1.45. The van der Waals surface area contributed by atoms with Gasteiger partial charge in [-0.25, -0.2) is 4.79 Å². The summed E-state index contributed by atoms with van der Waals surface area (Å²) in [5.74, 6) is 0.431. The van der Waals surface area contributed by atoms with Crippen LogP contribution in [0.1, 0.15) is 26.7 Å². The van der Waals surface area contributed by atoms with E-state index in [-0.39, 0.29) is 5.97 Å². The molecule has 1 fully saturated rings. The Bertz CT molecular complexity index is 233. The molecule has 1 aliphatic heterocycles. The molecule has 74 valence electrons. The first-order valence-electron chi connectivity index (χ1n) is 4.73. The molecule has 1 aliphatic rings. The minimum Gasteiger partial charge on any atom is -0.466 e. The molecule has 1 rings (SSSR count). The lowest BCUT2D eigenvalue weighted by molar-refractivity contribution is -0.136. The quantitative estimate of drug-likeness (QED) is 0.520. The van der Waals surface area contributed by atoms with Gasteiger partial charge in [-0.1, -0.05) is 13.8 Å². The van der Waals surface area contributed by atoms with Crippen LogP contribution < -0.4 is 5.32 Å². The molecule has 0 aromatic heterocycles. The summed E-state index contributed by atoms with van der Waals surface area (Å²) in [7, 11) is 1.43. The minimum absolute atomic E-state index is 0.195. The molecule has 0 aromatic carbocycles. The van der Waals surface area contributed by atoms with E-state index in [9.17, 15) is 4.79 Å². The number of carbonyl (C=O) groups excluding carboxylic acids is 1. The maximum Gasteiger partial charge on any atom is 0.335 e. The highest BCUT2D eigenvalue weighted by Gasteiger charge is 2.21. The van der Waals surface area contributed by atoms with E-state index >= 15 is 0 Å². The van der Waals surface area contributed by atoms with Crippen LogP contribution in [-0.2, 0) is 9.53 Å². The standard InChI is InChI=1S/C10H17NO2/c1-4-8(10(12)13-3)9-5-7(2)6-11-9/h7,11H,4-6H2,1-3H3/b9-8+/t7-/m0/s1. The van der Waals surface area contributed by atoms with Crippen molar-refractivity contribution in [3.05, 3.63) is 11.3 Å². The van der Waals surface area contributed by atoms with Gasteiger partial charge in [0.15, 0.2) is 0 Å². The monoisotopic (exact) mass is 183 g/mol. The SMILES string of the molecule is CC/C(C(=O)OC)=C1/C[C@H](C)CN1. The van der Waals surface area contributed by atoms with Crippen LogP contribution in [0, 0.1) is 5.92 Å². The van der Waals surface area contributed by atoms with Gasteiger partial charge in [0, 0.05) is 12.2 Å². The first-order chi connectivity index (χ1) is 6.19. The molecule has 0 saturated carbocycles. The van der Waals surface area contributed by atoms with Crippen molar-refractivity contribution in [2.24, 2.45) is 5.92 Å². The molecule has 1 N–H and O–H groups in total. The number of hydrogen-bond acceptors (Lipinski definition) is 3. The molecule has 1 heterocycles. The highest BCUT2D eigenvalue weighted by molar-refractivity contribution is 5.89. The first kappa shape index (κ1) is 10.1. The zero-order valence-electron chi connectivity index (χ0n) is 8.52. The summed E-state index contributed by atoms with van der Waals surface area (Å²) < 4.78 is 4.71. The van der Waals surface area contributed by atoms with Gasteiger partial charge < -0.3 is 10.1 Å². The van der Waals surface area contributed by atoms with E-state index in [1.165, 1.54) is 7.11 Å². The second-order valence-electron chi connectivity index (χ2n) is 3.49. The lowest BCUT2D eigenvalue weighted by Gasteiger charge is -2.06. The molecule has 0 radical (unpaired) electrons. The highest BCUT2D eigenvalue weighted by Crippen LogP contribution is 2.21. The zero-order valence-corrected chi connectivity index (χ0v) is 8.52. The average Bonchev–Trinajstić information content (AvgIpc) is 2.53. The minimum atomic E-state index is -0.195. The van der Waals surface area contributed by atoms with Crippen molar-refractivity contribution in [2.45, 2.75) is 26.7 Å². The van der Waals surface area contributed by atoms with Crippen LogP contribution in [-0.4, -0.2) is 19.6 Å². The van der Waals surface area contributed by atoms with Crippen LogP contribution in [0.2, 0.25) is 0 Å². The molecular formula is C10H17NO2. The van der Waals surface area contributed by atoms with Crippen LogP contribution in [0.5, 0.6) is 0 Å². The number of allylic oxidation sites excluding steroid dienone is 1. The summed E-state index contributed by atoms with van der Waals surface area (Å²) >= 11 is 0. The predicted molar refractivity (Wildman–Crippen MR) is 51.1 cm³/mol. The van der Waals surface area contributed by atoms with Gasteiger partial charge in [-0.2, -0.15) is 0 Å². The number of hydrogen-bond donors (Lipinski definition) is 1. The van der Waals surface area contributed by atoms with Gasteiger partial charge in [-0.3, -0.25) is 0 Å². The smallest absolute Gasteiger partial charge is 0.335 e. The molecule has 3 nitrogen and oxygen atoms in total. The van der Waals surface area contributed by atoms with Crippen LogP contribution >= 0.6 is 0 Å². The third-order valence-electron chi connectivity index (χ3n) is 2.37. The van der Waals surface area contributed by atoms with Crippen molar-refractivity contribution in [1.29, 1.82) is 0 Å². The van der Waals surface area contributed by atoms with Crippen LogP contribution in [0.3, 0.4) is 0 Å². The van der Waals surface area contributed by atoms with E-state index in [2.05, 4.69) is 12.2 Å². The van der Waals surface area contributed by atoms with Crippen LogP contribution in [0.15, 0.2) is 11.3 Å². The van der Waals surface area contributed by atoms with E-state index in [0.717, 1.165) is 30.7 Å². The molecule has 1 atom stereocenters. The van der Waals surface area contributed by atoms with Crippen molar-refractivity contribution < 1.29 is 9.53 Å². The Balaban J connectivity index is 2.79. The van der Waals surface area contributed by atoms with Gasteiger partial charge in [0.25, 0.3) is 0 Å². The number of rotatable bonds is 2. The number of methoxy groups -OCH3 is 1. The number of ether oxygens (including phenoxy) is 1. The Labute approximate surface area is 79.2 Å². The van der Waals surface area contributed by atoms with Crippen molar-refractivity contribution in [3.63, 3.8) is 0 Å². The Morgan fingerprint density at radius 2 is 2.38 bits per heavy atom. The summed E-state index contributed by atoms with van der Waals surface area (Å²) in [6.07, 6.45) is 1.71. The van der Waals surface area contributed by atoms with Gasteiger partial charge in [-0.05, 0) is 18.8 Å². The Morgan fingerprint density at radius 1 is 1.69 bits per heavy atom. The van der Waals surface area contributed by atoms with Crippen molar-refractivity contribution in [3.8, 4) is 0 Å². The first-order valence-corrected chi connectivity index (χ1v) is 4.73. The summed E-state index contributed by atoms with van der Waals surface area (Å²) in [5.41, 5.74) is 1.87. The van der Waals surface area contributed by atoms with E-state index in [0.29, 0.717) is 5.92 Å². The Morgan fingerprint density at radius 3 is 2.77 bits per heavy atom. The molecule has 0 bridgehead atoms. The molecule has 0 unspecified atom stereocenters. The van der Waals surface area contributed by atoms with Gasteiger partial charge in [0.05, 0.1) is 12.7 Å². The van der Waals surface area contributed by atoms with E-state index < -0.39 is 0 Å². The molecular weight excluding hydrogens is 166 g/mol. The maximum atomic E-state index is 11.3.